The number of nitrogens with one attached hydrogen (secondary N) is 2. The predicted molar refractivity (Wildman–Crippen MR) is 111 cm³/mol. The third-order valence-corrected chi connectivity index (χ3v) is 4.62. The zero-order valence-corrected chi connectivity index (χ0v) is 16.7. The SMILES string of the molecule is COc1cccc(CCNC(=O)C(C)C(=O)NC(Cc2ccccc2)B(O)O)c1. The van der Waals surface area contributed by atoms with E-state index in [0.717, 1.165) is 16.9 Å². The maximum absolute atomic E-state index is 12.4. The highest BCUT2D eigenvalue weighted by Crippen LogP contribution is 2.12. The first-order valence-corrected chi connectivity index (χ1v) is 9.51. The third kappa shape index (κ3) is 7.25. The van der Waals surface area contributed by atoms with Crippen molar-refractivity contribution in [1.29, 1.82) is 0 Å². The van der Waals surface area contributed by atoms with Gasteiger partial charge in [0.1, 0.15) is 11.7 Å². The van der Waals surface area contributed by atoms with Crippen LogP contribution in [0.5, 0.6) is 5.75 Å². The average Bonchev–Trinajstić information content (AvgIpc) is 2.73. The fourth-order valence-electron chi connectivity index (χ4n) is 2.84. The molecule has 0 fully saturated rings. The summed E-state index contributed by atoms with van der Waals surface area (Å²) in [5.74, 6) is -2.10. The van der Waals surface area contributed by atoms with Gasteiger partial charge in [-0.15, -0.1) is 0 Å². The fraction of sp³-hybridized carbons (Fsp3) is 0.333. The topological polar surface area (TPSA) is 108 Å². The van der Waals surface area contributed by atoms with Gasteiger partial charge in [-0.25, -0.2) is 0 Å². The monoisotopic (exact) mass is 398 g/mol. The summed E-state index contributed by atoms with van der Waals surface area (Å²) in [6.45, 7) is 1.86. The van der Waals surface area contributed by atoms with Crippen molar-refractivity contribution in [2.24, 2.45) is 5.92 Å². The fourth-order valence-corrected chi connectivity index (χ4v) is 2.84. The molecule has 8 heteroatoms. The van der Waals surface area contributed by atoms with Crippen LogP contribution in [0.25, 0.3) is 0 Å². The summed E-state index contributed by atoms with van der Waals surface area (Å²) in [5, 5.41) is 24.5. The molecule has 0 spiro atoms. The van der Waals surface area contributed by atoms with Crippen molar-refractivity contribution in [1.82, 2.24) is 10.6 Å². The number of carbonyl (C=O) groups is 2. The minimum Gasteiger partial charge on any atom is -0.497 e. The maximum Gasteiger partial charge on any atom is 0.475 e. The second-order valence-electron chi connectivity index (χ2n) is 6.83. The molecule has 2 amide bonds. The molecule has 2 aromatic carbocycles. The first kappa shape index (κ1) is 22.5. The lowest BCUT2D eigenvalue weighted by Gasteiger charge is -2.20. The van der Waals surface area contributed by atoms with Crippen LogP contribution in [0.4, 0.5) is 0 Å². The lowest BCUT2D eigenvalue weighted by Crippen LogP contribution is -2.51. The number of hydrogen-bond donors (Lipinski definition) is 4. The van der Waals surface area contributed by atoms with Gasteiger partial charge in [-0.3, -0.25) is 9.59 Å². The van der Waals surface area contributed by atoms with Crippen LogP contribution in [0, 0.1) is 5.92 Å². The zero-order chi connectivity index (χ0) is 21.2. The summed E-state index contributed by atoms with van der Waals surface area (Å²) >= 11 is 0. The van der Waals surface area contributed by atoms with Crippen LogP contribution >= 0.6 is 0 Å². The molecule has 4 N–H and O–H groups in total. The molecule has 0 aliphatic carbocycles. The van der Waals surface area contributed by atoms with Gasteiger partial charge in [-0.05, 0) is 43.0 Å². The second-order valence-corrected chi connectivity index (χ2v) is 6.83. The van der Waals surface area contributed by atoms with Crippen molar-refractivity contribution >= 4 is 18.9 Å². The molecule has 0 aliphatic rings. The quantitative estimate of drug-likeness (QED) is 0.349. The van der Waals surface area contributed by atoms with Crippen LogP contribution in [-0.4, -0.2) is 48.6 Å². The normalized spacial score (nSPS) is 12.6. The minimum atomic E-state index is -1.73. The van der Waals surface area contributed by atoms with Crippen molar-refractivity contribution in [3.05, 3.63) is 65.7 Å². The van der Waals surface area contributed by atoms with Gasteiger partial charge < -0.3 is 25.4 Å². The highest BCUT2D eigenvalue weighted by Gasteiger charge is 2.29. The standard InChI is InChI=1S/C21H27BN2O5/c1-15(20(25)23-12-11-17-9-6-10-18(13-17)29-2)21(26)24-19(22(27)28)14-16-7-4-3-5-8-16/h3-10,13,15,19,27-28H,11-12,14H2,1-2H3,(H,23,25)(H,24,26). The number of hydrogen-bond acceptors (Lipinski definition) is 5. The van der Waals surface area contributed by atoms with Gasteiger partial charge in [0.2, 0.25) is 11.8 Å². The Balaban J connectivity index is 1.84. The number of rotatable bonds is 10. The Morgan fingerprint density at radius 2 is 1.72 bits per heavy atom. The Kier molecular flexibility index (Phi) is 8.70. The molecular weight excluding hydrogens is 371 g/mol. The van der Waals surface area contributed by atoms with Crippen LogP contribution in [0.1, 0.15) is 18.1 Å². The van der Waals surface area contributed by atoms with Crippen molar-refractivity contribution < 1.29 is 24.4 Å². The minimum absolute atomic E-state index is 0.244. The molecule has 0 radical (unpaired) electrons. The Hall–Kier alpha value is -2.84. The van der Waals surface area contributed by atoms with Gasteiger partial charge in [0.15, 0.2) is 0 Å². The molecule has 2 unspecified atom stereocenters. The Labute approximate surface area is 171 Å². The summed E-state index contributed by atoms with van der Waals surface area (Å²) in [4.78, 5) is 24.7. The van der Waals surface area contributed by atoms with E-state index in [4.69, 9.17) is 4.74 Å². The van der Waals surface area contributed by atoms with Gasteiger partial charge in [0.25, 0.3) is 0 Å². The van der Waals surface area contributed by atoms with Gasteiger partial charge in [-0.2, -0.15) is 0 Å². The third-order valence-electron chi connectivity index (χ3n) is 4.62. The van der Waals surface area contributed by atoms with E-state index < -0.39 is 30.8 Å². The molecule has 7 nitrogen and oxygen atoms in total. The Bertz CT molecular complexity index is 801. The van der Waals surface area contributed by atoms with Crippen LogP contribution < -0.4 is 15.4 Å². The Morgan fingerprint density at radius 1 is 1.03 bits per heavy atom. The molecule has 29 heavy (non-hydrogen) atoms. The highest BCUT2D eigenvalue weighted by atomic mass is 16.5. The molecule has 2 atom stereocenters. The smallest absolute Gasteiger partial charge is 0.475 e. The molecule has 154 valence electrons. The second kappa shape index (κ2) is 11.2. The van der Waals surface area contributed by atoms with E-state index in [9.17, 15) is 19.6 Å². The van der Waals surface area contributed by atoms with E-state index >= 15 is 0 Å². The molecule has 0 aromatic heterocycles. The van der Waals surface area contributed by atoms with Gasteiger partial charge in [0.05, 0.1) is 13.1 Å². The number of methoxy groups -OCH3 is 1. The molecule has 2 aromatic rings. The predicted octanol–water partition coefficient (Wildman–Crippen LogP) is 0.729. The average molecular weight is 398 g/mol. The van der Waals surface area contributed by atoms with Crippen LogP contribution in [0.3, 0.4) is 0 Å². The number of carbonyl (C=O) groups excluding carboxylic acids is 2. The lowest BCUT2D eigenvalue weighted by atomic mass is 9.75. The van der Waals surface area contributed by atoms with Crippen LogP contribution in [-0.2, 0) is 22.4 Å². The van der Waals surface area contributed by atoms with E-state index in [1.165, 1.54) is 6.92 Å². The molecule has 0 bridgehead atoms. The molecular formula is C21H27BN2O5. The number of benzene rings is 2. The van der Waals surface area contributed by atoms with Crippen LogP contribution in [0.15, 0.2) is 54.6 Å². The largest absolute Gasteiger partial charge is 0.497 e. The van der Waals surface area contributed by atoms with Gasteiger partial charge in [0, 0.05) is 6.54 Å². The summed E-state index contributed by atoms with van der Waals surface area (Å²) in [6, 6.07) is 16.7. The Morgan fingerprint density at radius 3 is 2.38 bits per heavy atom. The summed E-state index contributed by atoms with van der Waals surface area (Å²) in [7, 11) is -0.141. The van der Waals surface area contributed by atoms with Crippen LogP contribution in [0.2, 0.25) is 0 Å². The van der Waals surface area contributed by atoms with E-state index in [-0.39, 0.29) is 6.42 Å². The first-order chi connectivity index (χ1) is 13.9. The van der Waals surface area contributed by atoms with E-state index in [2.05, 4.69) is 10.6 Å². The molecule has 0 saturated heterocycles. The van der Waals surface area contributed by atoms with Crippen molar-refractivity contribution in [3.63, 3.8) is 0 Å². The summed E-state index contributed by atoms with van der Waals surface area (Å²) < 4.78 is 5.17. The molecule has 2 rings (SSSR count). The molecule has 0 heterocycles. The van der Waals surface area contributed by atoms with E-state index in [1.807, 2.05) is 54.6 Å². The molecule has 0 aliphatic heterocycles. The maximum atomic E-state index is 12.4. The van der Waals surface area contributed by atoms with E-state index in [1.54, 1.807) is 7.11 Å². The molecule has 0 saturated carbocycles. The van der Waals surface area contributed by atoms with E-state index in [0.29, 0.717) is 13.0 Å². The zero-order valence-electron chi connectivity index (χ0n) is 16.7. The van der Waals surface area contributed by atoms with Gasteiger partial charge >= 0.3 is 7.12 Å². The summed E-state index contributed by atoms with van der Waals surface area (Å²) in [6.07, 6.45) is 0.845. The first-order valence-electron chi connectivity index (χ1n) is 9.51. The summed E-state index contributed by atoms with van der Waals surface area (Å²) in [5.41, 5.74) is 1.86. The van der Waals surface area contributed by atoms with Crippen molar-refractivity contribution in [3.8, 4) is 5.75 Å². The number of ether oxygens (including phenoxy) is 1. The van der Waals surface area contributed by atoms with Crippen molar-refractivity contribution in [2.75, 3.05) is 13.7 Å². The van der Waals surface area contributed by atoms with Crippen molar-refractivity contribution in [2.45, 2.75) is 25.7 Å². The number of amides is 2. The highest BCUT2D eigenvalue weighted by molar-refractivity contribution is 6.43. The lowest BCUT2D eigenvalue weighted by molar-refractivity contribution is -0.134. The van der Waals surface area contributed by atoms with Gasteiger partial charge in [-0.1, -0.05) is 42.5 Å².